The summed E-state index contributed by atoms with van der Waals surface area (Å²) >= 11 is 13.7. The van der Waals surface area contributed by atoms with Crippen LogP contribution in [-0.4, -0.2) is 20.1 Å². The summed E-state index contributed by atoms with van der Waals surface area (Å²) in [6.07, 6.45) is 0.674. The van der Waals surface area contributed by atoms with Gasteiger partial charge in [-0.05, 0) is 49.7 Å². The normalized spacial score (nSPS) is 14.9. The van der Waals surface area contributed by atoms with Gasteiger partial charge in [0.05, 0.1) is 39.0 Å². The zero-order chi connectivity index (χ0) is 23.2. The van der Waals surface area contributed by atoms with Crippen LogP contribution in [0.25, 0.3) is 16.7 Å². The van der Waals surface area contributed by atoms with Crippen LogP contribution in [0.5, 0.6) is 0 Å². The van der Waals surface area contributed by atoms with Crippen molar-refractivity contribution in [2.24, 2.45) is 0 Å². The van der Waals surface area contributed by atoms with Gasteiger partial charge in [0.1, 0.15) is 0 Å². The quantitative estimate of drug-likeness (QED) is 0.247. The van der Waals surface area contributed by atoms with Gasteiger partial charge in [0.2, 0.25) is 0 Å². The molecule has 5 rings (SSSR count). The Hall–Kier alpha value is -2.38. The average Bonchev–Trinajstić information content (AvgIpc) is 2.79. The molecule has 0 saturated carbocycles. The van der Waals surface area contributed by atoms with Crippen LogP contribution in [0.1, 0.15) is 30.7 Å². The molecular formula is C25H21Cl2N3O2S. The fourth-order valence-corrected chi connectivity index (χ4v) is 5.12. The summed E-state index contributed by atoms with van der Waals surface area (Å²) in [5.74, 6) is 0.577. The molecule has 0 saturated heterocycles. The molecule has 5 nitrogen and oxygen atoms in total. The van der Waals surface area contributed by atoms with Crippen molar-refractivity contribution in [3.05, 3.63) is 91.8 Å². The van der Waals surface area contributed by atoms with Crippen LogP contribution in [0.2, 0.25) is 10.0 Å². The van der Waals surface area contributed by atoms with Gasteiger partial charge >= 0.3 is 0 Å². The summed E-state index contributed by atoms with van der Waals surface area (Å²) in [6, 6.07) is 16.9. The molecule has 0 aliphatic carbocycles. The Morgan fingerprint density at radius 2 is 1.85 bits per heavy atom. The molecule has 0 spiro atoms. The molecule has 0 atom stereocenters. The van der Waals surface area contributed by atoms with Crippen molar-refractivity contribution in [3.63, 3.8) is 0 Å². The topological polar surface area (TPSA) is 57.0 Å². The van der Waals surface area contributed by atoms with Gasteiger partial charge in [-0.25, -0.2) is 9.97 Å². The molecule has 8 heteroatoms. The maximum Gasteiger partial charge on any atom is 0.268 e. The van der Waals surface area contributed by atoms with Gasteiger partial charge in [-0.2, -0.15) is 0 Å². The van der Waals surface area contributed by atoms with Crippen molar-refractivity contribution >= 4 is 46.0 Å². The lowest BCUT2D eigenvalue weighted by Gasteiger charge is -2.31. The van der Waals surface area contributed by atoms with E-state index in [4.69, 9.17) is 37.9 Å². The van der Waals surface area contributed by atoms with Gasteiger partial charge in [-0.15, -0.1) is 0 Å². The predicted octanol–water partition coefficient (Wildman–Crippen LogP) is 6.23. The largest absolute Gasteiger partial charge is 0.370 e. The van der Waals surface area contributed by atoms with E-state index in [0.717, 1.165) is 22.5 Å². The van der Waals surface area contributed by atoms with E-state index in [2.05, 4.69) is 0 Å². The second-order valence-corrected chi connectivity index (χ2v) is 10.4. The van der Waals surface area contributed by atoms with E-state index < -0.39 is 0 Å². The fraction of sp³-hybridized carbons (Fsp3) is 0.240. The van der Waals surface area contributed by atoms with Crippen LogP contribution >= 0.6 is 35.0 Å². The van der Waals surface area contributed by atoms with Crippen LogP contribution in [0.3, 0.4) is 0 Å². The minimum Gasteiger partial charge on any atom is -0.370 e. The second kappa shape index (κ2) is 8.76. The van der Waals surface area contributed by atoms with Gasteiger partial charge in [-0.3, -0.25) is 9.36 Å². The predicted molar refractivity (Wildman–Crippen MR) is 134 cm³/mol. The van der Waals surface area contributed by atoms with E-state index in [1.807, 2.05) is 62.4 Å². The molecule has 0 fully saturated rings. The maximum atomic E-state index is 13.7. The third kappa shape index (κ3) is 4.53. The summed E-state index contributed by atoms with van der Waals surface area (Å²) in [7, 11) is 0. The summed E-state index contributed by atoms with van der Waals surface area (Å²) in [5.41, 5.74) is 3.63. The number of thioether (sulfide) groups is 1. The number of nitrogens with zero attached hydrogens (tertiary/aromatic N) is 3. The first-order valence-corrected chi connectivity index (χ1v) is 12.3. The summed E-state index contributed by atoms with van der Waals surface area (Å²) in [6.45, 7) is 4.52. The number of aromatic nitrogens is 3. The van der Waals surface area contributed by atoms with Crippen molar-refractivity contribution in [3.8, 4) is 5.69 Å². The van der Waals surface area contributed by atoms with E-state index in [0.29, 0.717) is 45.0 Å². The number of ether oxygens (including phenoxy) is 1. The molecule has 168 valence electrons. The Balaban J connectivity index is 1.63. The van der Waals surface area contributed by atoms with Gasteiger partial charge in [0.15, 0.2) is 10.8 Å². The van der Waals surface area contributed by atoms with Gasteiger partial charge in [0.25, 0.3) is 5.56 Å². The smallest absolute Gasteiger partial charge is 0.268 e. The molecule has 33 heavy (non-hydrogen) atoms. The lowest BCUT2D eigenvalue weighted by atomic mass is 9.95. The number of benzene rings is 2. The van der Waals surface area contributed by atoms with Crippen LogP contribution in [0, 0.1) is 0 Å². The average molecular weight is 498 g/mol. The van der Waals surface area contributed by atoms with Crippen molar-refractivity contribution in [2.45, 2.75) is 43.4 Å². The number of para-hydroxylation sites is 1. The lowest BCUT2D eigenvalue weighted by molar-refractivity contribution is -0.0411. The zero-order valence-electron chi connectivity index (χ0n) is 18.1. The van der Waals surface area contributed by atoms with Crippen molar-refractivity contribution in [2.75, 3.05) is 0 Å². The lowest BCUT2D eigenvalue weighted by Crippen LogP contribution is -2.33. The van der Waals surface area contributed by atoms with E-state index in [-0.39, 0.29) is 11.2 Å². The Kier molecular flexibility index (Phi) is 5.95. The Bertz CT molecular complexity index is 1420. The SMILES string of the molecule is CC1(C)Cc2nc3nc(SCc4ccc(Cl)c(Cl)c4)n(-c4ccccc4)c(=O)c3cc2CO1. The zero-order valence-corrected chi connectivity index (χ0v) is 20.5. The number of halogens is 2. The minimum absolute atomic E-state index is 0.150. The number of hydrogen-bond acceptors (Lipinski definition) is 5. The first-order valence-electron chi connectivity index (χ1n) is 10.5. The summed E-state index contributed by atoms with van der Waals surface area (Å²) in [4.78, 5) is 23.3. The van der Waals surface area contributed by atoms with Crippen LogP contribution < -0.4 is 5.56 Å². The molecule has 4 aromatic rings. The third-order valence-electron chi connectivity index (χ3n) is 5.58. The minimum atomic E-state index is -0.294. The molecule has 3 heterocycles. The highest BCUT2D eigenvalue weighted by Crippen LogP contribution is 2.30. The number of fused-ring (bicyclic) bond motifs is 2. The number of rotatable bonds is 4. The van der Waals surface area contributed by atoms with Crippen molar-refractivity contribution in [1.29, 1.82) is 0 Å². The highest BCUT2D eigenvalue weighted by molar-refractivity contribution is 7.98. The Labute approximate surface area is 205 Å². The molecule has 2 aromatic carbocycles. The highest BCUT2D eigenvalue weighted by Gasteiger charge is 2.28. The van der Waals surface area contributed by atoms with Gasteiger partial charge in [0, 0.05) is 17.7 Å². The first kappa shape index (κ1) is 22.4. The van der Waals surface area contributed by atoms with Crippen molar-refractivity contribution in [1.82, 2.24) is 14.5 Å². The van der Waals surface area contributed by atoms with E-state index in [9.17, 15) is 4.79 Å². The molecule has 1 aliphatic heterocycles. The second-order valence-electron chi connectivity index (χ2n) is 8.60. The molecule has 0 unspecified atom stereocenters. The first-order chi connectivity index (χ1) is 15.8. The number of pyridine rings is 1. The van der Waals surface area contributed by atoms with Gasteiger partial charge in [-0.1, -0.05) is 59.2 Å². The highest BCUT2D eigenvalue weighted by atomic mass is 35.5. The van der Waals surface area contributed by atoms with E-state index in [1.165, 1.54) is 11.8 Å². The summed E-state index contributed by atoms with van der Waals surface area (Å²) < 4.78 is 7.58. The van der Waals surface area contributed by atoms with Crippen LogP contribution in [-0.2, 0) is 23.5 Å². The van der Waals surface area contributed by atoms with Crippen molar-refractivity contribution < 1.29 is 4.74 Å². The summed E-state index contributed by atoms with van der Waals surface area (Å²) in [5, 5.41) is 2.07. The van der Waals surface area contributed by atoms with Gasteiger partial charge < -0.3 is 4.74 Å². The standard InChI is InChI=1S/C25H21Cl2N3O2S/c1-25(2)12-21-16(13-32-25)11-18-22(28-21)29-24(30(23(18)31)17-6-4-3-5-7-17)33-14-15-8-9-19(26)20(27)10-15/h3-11H,12-14H2,1-2H3. The van der Waals surface area contributed by atoms with E-state index in [1.54, 1.807) is 10.6 Å². The molecule has 0 radical (unpaired) electrons. The number of hydrogen-bond donors (Lipinski definition) is 0. The van der Waals surface area contributed by atoms with Crippen LogP contribution in [0.15, 0.2) is 64.5 Å². The molecule has 2 aromatic heterocycles. The molecule has 1 aliphatic rings. The third-order valence-corrected chi connectivity index (χ3v) is 7.32. The molecule has 0 N–H and O–H groups in total. The maximum absolute atomic E-state index is 13.7. The molecule has 0 bridgehead atoms. The van der Waals surface area contributed by atoms with Crippen LogP contribution in [0.4, 0.5) is 0 Å². The molecule has 0 amide bonds. The Morgan fingerprint density at radius 3 is 2.61 bits per heavy atom. The Morgan fingerprint density at radius 1 is 1.06 bits per heavy atom. The monoisotopic (exact) mass is 497 g/mol. The molecular weight excluding hydrogens is 477 g/mol. The van der Waals surface area contributed by atoms with E-state index >= 15 is 0 Å². The fourth-order valence-electron chi connectivity index (χ4n) is 3.86.